The van der Waals surface area contributed by atoms with Crippen molar-refractivity contribution in [3.05, 3.63) is 76.7 Å². The number of fused-ring (bicyclic) bond motifs is 1. The second-order valence-corrected chi connectivity index (χ2v) is 8.88. The summed E-state index contributed by atoms with van der Waals surface area (Å²) < 4.78 is 44.1. The van der Waals surface area contributed by atoms with E-state index in [2.05, 4.69) is 10.3 Å². The lowest BCUT2D eigenvalue weighted by Gasteiger charge is -2.12. The molecule has 0 saturated heterocycles. The molecular formula is C21H18FN3O4S. The first-order valence-corrected chi connectivity index (χ1v) is 10.9. The Hall–Kier alpha value is -3.46. The van der Waals surface area contributed by atoms with Crippen LogP contribution in [-0.2, 0) is 23.4 Å². The summed E-state index contributed by atoms with van der Waals surface area (Å²) in [5.74, 6) is -0.111. The van der Waals surface area contributed by atoms with Gasteiger partial charge in [0, 0.05) is 37.0 Å². The summed E-state index contributed by atoms with van der Waals surface area (Å²) in [5, 5.41) is 3.64. The highest BCUT2D eigenvalue weighted by molar-refractivity contribution is 7.90. The molecule has 0 spiro atoms. The number of halogens is 1. The van der Waals surface area contributed by atoms with Crippen LogP contribution in [0.4, 0.5) is 10.3 Å². The van der Waals surface area contributed by atoms with Crippen LogP contribution < -0.4 is 10.9 Å². The van der Waals surface area contributed by atoms with E-state index in [4.69, 9.17) is 4.42 Å². The molecule has 2 heterocycles. The minimum atomic E-state index is -3.32. The molecule has 0 unspecified atom stereocenters. The normalized spacial score (nSPS) is 11.7. The van der Waals surface area contributed by atoms with Crippen LogP contribution in [0.2, 0.25) is 0 Å². The van der Waals surface area contributed by atoms with E-state index in [1.165, 1.54) is 35.2 Å². The zero-order valence-electron chi connectivity index (χ0n) is 16.2. The topological polar surface area (TPSA) is 94.2 Å². The van der Waals surface area contributed by atoms with Crippen molar-refractivity contribution in [2.75, 3.05) is 11.6 Å². The Morgan fingerprint density at radius 3 is 2.57 bits per heavy atom. The van der Waals surface area contributed by atoms with Gasteiger partial charge in [-0.15, -0.1) is 0 Å². The van der Waals surface area contributed by atoms with Crippen LogP contribution in [0.3, 0.4) is 0 Å². The number of anilines is 1. The zero-order chi connectivity index (χ0) is 21.5. The van der Waals surface area contributed by atoms with Crippen LogP contribution in [-0.4, -0.2) is 24.2 Å². The first-order chi connectivity index (χ1) is 14.3. The van der Waals surface area contributed by atoms with Crippen molar-refractivity contribution in [2.24, 2.45) is 7.05 Å². The molecular weight excluding hydrogens is 409 g/mol. The summed E-state index contributed by atoms with van der Waals surface area (Å²) in [5.41, 5.74) is 1.54. The molecule has 0 fully saturated rings. The standard InChI is InChI=1S/C21H18FN3O4S/c1-25-20(26)16(13-3-5-14(6-4-13)30(2,27)28)11-23-21(25)24-12-17-15-9-10-29-19(15)8-7-18(17)22/h3-11H,12H2,1-2H3,(H,23,24). The van der Waals surface area contributed by atoms with E-state index >= 15 is 0 Å². The number of rotatable bonds is 5. The Morgan fingerprint density at radius 1 is 1.13 bits per heavy atom. The van der Waals surface area contributed by atoms with E-state index in [0.29, 0.717) is 27.7 Å². The van der Waals surface area contributed by atoms with Gasteiger partial charge < -0.3 is 9.73 Å². The molecule has 0 saturated carbocycles. The van der Waals surface area contributed by atoms with Crippen molar-refractivity contribution in [2.45, 2.75) is 11.4 Å². The maximum Gasteiger partial charge on any atom is 0.262 e. The van der Waals surface area contributed by atoms with Crippen LogP contribution in [0.15, 0.2) is 69.0 Å². The van der Waals surface area contributed by atoms with E-state index in [9.17, 15) is 17.6 Å². The molecule has 0 aliphatic carbocycles. The summed E-state index contributed by atoms with van der Waals surface area (Å²) in [6, 6.07) is 10.6. The van der Waals surface area contributed by atoms with Gasteiger partial charge in [0.05, 0.1) is 16.7 Å². The summed E-state index contributed by atoms with van der Waals surface area (Å²) in [6.45, 7) is 0.116. The molecule has 30 heavy (non-hydrogen) atoms. The number of nitrogens with one attached hydrogen (secondary N) is 1. The first-order valence-electron chi connectivity index (χ1n) is 9.00. The number of hydrogen-bond acceptors (Lipinski definition) is 6. The van der Waals surface area contributed by atoms with Gasteiger partial charge >= 0.3 is 0 Å². The van der Waals surface area contributed by atoms with Crippen LogP contribution >= 0.6 is 0 Å². The number of hydrogen-bond donors (Lipinski definition) is 1. The predicted octanol–water partition coefficient (Wildman–Crippen LogP) is 3.35. The van der Waals surface area contributed by atoms with E-state index in [1.54, 1.807) is 31.3 Å². The van der Waals surface area contributed by atoms with Crippen molar-refractivity contribution in [1.29, 1.82) is 0 Å². The van der Waals surface area contributed by atoms with E-state index in [0.717, 1.165) is 6.26 Å². The lowest BCUT2D eigenvalue weighted by Crippen LogP contribution is -2.23. The molecule has 2 aromatic carbocycles. The Labute approximate surface area is 171 Å². The molecule has 0 bridgehead atoms. The highest BCUT2D eigenvalue weighted by atomic mass is 32.2. The van der Waals surface area contributed by atoms with Gasteiger partial charge in [-0.3, -0.25) is 9.36 Å². The zero-order valence-corrected chi connectivity index (χ0v) is 17.0. The minimum absolute atomic E-state index is 0.116. The van der Waals surface area contributed by atoms with Gasteiger partial charge in [-0.1, -0.05) is 12.1 Å². The number of nitrogens with zero attached hydrogens (tertiary/aromatic N) is 2. The number of benzene rings is 2. The number of sulfone groups is 1. The Morgan fingerprint density at radius 2 is 1.87 bits per heavy atom. The van der Waals surface area contributed by atoms with Gasteiger partial charge in [-0.05, 0) is 35.9 Å². The fraction of sp³-hybridized carbons (Fsp3) is 0.143. The molecule has 4 rings (SSSR count). The minimum Gasteiger partial charge on any atom is -0.464 e. The summed E-state index contributed by atoms with van der Waals surface area (Å²) in [7, 11) is -1.77. The van der Waals surface area contributed by atoms with Gasteiger partial charge in [0.25, 0.3) is 5.56 Å². The first kappa shape index (κ1) is 19.8. The largest absolute Gasteiger partial charge is 0.464 e. The lowest BCUT2D eigenvalue weighted by molar-refractivity contribution is 0.602. The quantitative estimate of drug-likeness (QED) is 0.525. The van der Waals surface area contributed by atoms with Crippen molar-refractivity contribution in [3.8, 4) is 11.1 Å². The van der Waals surface area contributed by atoms with Crippen LogP contribution in [0, 0.1) is 5.82 Å². The predicted molar refractivity (Wildman–Crippen MR) is 112 cm³/mol. The molecule has 0 aliphatic rings. The van der Waals surface area contributed by atoms with Crippen molar-refractivity contribution in [3.63, 3.8) is 0 Å². The average molecular weight is 427 g/mol. The third kappa shape index (κ3) is 3.59. The molecule has 0 radical (unpaired) electrons. The third-order valence-corrected chi connectivity index (χ3v) is 6.00. The molecule has 7 nitrogen and oxygen atoms in total. The summed E-state index contributed by atoms with van der Waals surface area (Å²) in [4.78, 5) is 17.3. The SMILES string of the molecule is Cn1c(NCc2c(F)ccc3occc23)ncc(-c2ccc(S(C)(=O)=O)cc2)c1=O. The van der Waals surface area contributed by atoms with Gasteiger partial charge in [-0.25, -0.2) is 17.8 Å². The smallest absolute Gasteiger partial charge is 0.262 e. The average Bonchev–Trinajstić information content (AvgIpc) is 3.18. The summed E-state index contributed by atoms with van der Waals surface area (Å²) >= 11 is 0. The van der Waals surface area contributed by atoms with Gasteiger partial charge in [0.2, 0.25) is 5.95 Å². The van der Waals surface area contributed by atoms with Crippen molar-refractivity contribution < 1.29 is 17.2 Å². The highest BCUT2D eigenvalue weighted by Gasteiger charge is 2.14. The fourth-order valence-corrected chi connectivity index (χ4v) is 3.84. The van der Waals surface area contributed by atoms with E-state index < -0.39 is 9.84 Å². The highest BCUT2D eigenvalue weighted by Crippen LogP contribution is 2.24. The number of aromatic nitrogens is 2. The van der Waals surface area contributed by atoms with Gasteiger partial charge in [0.1, 0.15) is 11.4 Å². The van der Waals surface area contributed by atoms with Crippen molar-refractivity contribution >= 4 is 26.8 Å². The molecule has 1 N–H and O–H groups in total. The molecule has 0 aliphatic heterocycles. The molecule has 0 amide bonds. The van der Waals surface area contributed by atoms with Gasteiger partial charge in [0.15, 0.2) is 9.84 Å². The number of furan rings is 1. The maximum atomic E-state index is 14.3. The second-order valence-electron chi connectivity index (χ2n) is 6.87. The monoisotopic (exact) mass is 427 g/mol. The van der Waals surface area contributed by atoms with Crippen LogP contribution in [0.25, 0.3) is 22.1 Å². The fourth-order valence-electron chi connectivity index (χ4n) is 3.21. The van der Waals surface area contributed by atoms with E-state index in [-0.39, 0.29) is 28.8 Å². The molecule has 4 aromatic rings. The molecule has 154 valence electrons. The van der Waals surface area contributed by atoms with Crippen LogP contribution in [0.1, 0.15) is 5.56 Å². The third-order valence-electron chi connectivity index (χ3n) is 4.88. The molecule has 2 aromatic heterocycles. The Bertz CT molecular complexity index is 1410. The lowest BCUT2D eigenvalue weighted by atomic mass is 10.1. The maximum absolute atomic E-state index is 14.3. The van der Waals surface area contributed by atoms with Crippen LogP contribution in [0.5, 0.6) is 0 Å². The second kappa shape index (κ2) is 7.42. The molecule has 0 atom stereocenters. The Balaban J connectivity index is 1.62. The van der Waals surface area contributed by atoms with Crippen molar-refractivity contribution in [1.82, 2.24) is 9.55 Å². The Kier molecular flexibility index (Phi) is 4.90. The van der Waals surface area contributed by atoms with E-state index in [1.807, 2.05) is 0 Å². The molecule has 9 heteroatoms. The summed E-state index contributed by atoms with van der Waals surface area (Å²) in [6.07, 6.45) is 4.02. The van der Waals surface area contributed by atoms with Gasteiger partial charge in [-0.2, -0.15) is 0 Å².